The summed E-state index contributed by atoms with van der Waals surface area (Å²) in [5, 5.41) is 0.796. The normalized spacial score (nSPS) is 17.4. The first-order valence-corrected chi connectivity index (χ1v) is 17.0. The Morgan fingerprint density at radius 3 is 2.41 bits per heavy atom. The number of allylic oxidation sites excluding steroid dienone is 1. The molecule has 0 saturated carbocycles. The number of halogens is 2. The first-order chi connectivity index (χ1) is 14.2. The Bertz CT molecular complexity index is 879. The molecule has 0 atom stereocenters. The number of piperazine rings is 1. The molecular weight excluding hydrogens is 548 g/mol. The van der Waals surface area contributed by atoms with Crippen LogP contribution in [0.15, 0.2) is 65.9 Å². The molecule has 2 aliphatic heterocycles. The van der Waals surface area contributed by atoms with Gasteiger partial charge in [0, 0.05) is 0 Å². The van der Waals surface area contributed by atoms with E-state index in [9.17, 15) is 0 Å². The second-order valence-corrected chi connectivity index (χ2v) is 18.5. The van der Waals surface area contributed by atoms with Crippen LogP contribution in [-0.4, -0.2) is 65.1 Å². The van der Waals surface area contributed by atoms with Crippen molar-refractivity contribution in [3.8, 4) is 0 Å². The van der Waals surface area contributed by atoms with Crippen molar-refractivity contribution >= 4 is 60.7 Å². The van der Waals surface area contributed by atoms with Gasteiger partial charge < -0.3 is 0 Å². The molecule has 0 bridgehead atoms. The minimum atomic E-state index is -2.04. The molecule has 0 N–H and O–H groups in total. The molecule has 6 heteroatoms. The number of hydrogen-bond acceptors (Lipinski definition) is 3. The van der Waals surface area contributed by atoms with Gasteiger partial charge in [-0.15, -0.1) is 0 Å². The summed E-state index contributed by atoms with van der Waals surface area (Å²) in [5.74, 6) is 0. The quantitative estimate of drug-likeness (QED) is 0.404. The zero-order chi connectivity index (χ0) is 20.1. The van der Waals surface area contributed by atoms with Gasteiger partial charge in [0.25, 0.3) is 0 Å². The van der Waals surface area contributed by atoms with Gasteiger partial charge in [0.1, 0.15) is 0 Å². The van der Waals surface area contributed by atoms with Crippen molar-refractivity contribution < 1.29 is 0 Å². The van der Waals surface area contributed by atoms with Crippen LogP contribution < -0.4 is 4.90 Å². The predicted octanol–water partition coefficient (Wildman–Crippen LogP) is 5.55. The number of anilines is 1. The molecular formula is C23H26BrClInN3. The summed E-state index contributed by atoms with van der Waals surface area (Å²) in [6, 6.07) is 18.8. The van der Waals surface area contributed by atoms with Crippen LogP contribution in [0.2, 0.25) is 9.20 Å². The van der Waals surface area contributed by atoms with E-state index in [1.165, 1.54) is 44.6 Å². The zero-order valence-corrected chi connectivity index (χ0v) is 22.2. The number of hydrogen-bond donors (Lipinski definition) is 0. The van der Waals surface area contributed by atoms with Gasteiger partial charge >= 0.3 is 197 Å². The van der Waals surface area contributed by atoms with Gasteiger partial charge in [-0.05, 0) is 0 Å². The van der Waals surface area contributed by atoms with Crippen molar-refractivity contribution in [1.29, 1.82) is 0 Å². The summed E-state index contributed by atoms with van der Waals surface area (Å²) >= 11 is 8.12. The minimum absolute atomic E-state index is 0.796. The summed E-state index contributed by atoms with van der Waals surface area (Å²) in [5.41, 5.74) is 3.51. The van der Waals surface area contributed by atoms with Gasteiger partial charge in [0.15, 0.2) is 0 Å². The third-order valence-electron chi connectivity index (χ3n) is 5.73. The fraction of sp³-hybridized carbons (Fsp3) is 0.348. The topological polar surface area (TPSA) is 18.8 Å². The van der Waals surface area contributed by atoms with E-state index in [4.69, 9.17) is 14.6 Å². The second kappa shape index (κ2) is 10.5. The van der Waals surface area contributed by atoms with E-state index < -0.39 is 21.7 Å². The first-order valence-electron chi connectivity index (χ1n) is 10.4. The fourth-order valence-corrected chi connectivity index (χ4v) is 12.7. The van der Waals surface area contributed by atoms with Crippen molar-refractivity contribution in [2.75, 3.05) is 37.6 Å². The van der Waals surface area contributed by atoms with Crippen LogP contribution in [0.5, 0.6) is 0 Å². The van der Waals surface area contributed by atoms with E-state index in [1.54, 1.807) is 0 Å². The molecule has 1 fully saturated rings. The van der Waals surface area contributed by atoms with E-state index in [-0.39, 0.29) is 0 Å². The van der Waals surface area contributed by atoms with Crippen molar-refractivity contribution in [3.63, 3.8) is 0 Å². The Morgan fingerprint density at radius 2 is 1.66 bits per heavy atom. The Balaban J connectivity index is 1.20. The van der Waals surface area contributed by atoms with Crippen LogP contribution in [0.25, 0.3) is 0 Å². The Kier molecular flexibility index (Phi) is 7.79. The van der Waals surface area contributed by atoms with E-state index in [0.29, 0.717) is 0 Å². The molecule has 150 valence electrons. The first kappa shape index (κ1) is 21.5. The van der Waals surface area contributed by atoms with Gasteiger partial charge in [-0.3, -0.25) is 0 Å². The van der Waals surface area contributed by atoms with Gasteiger partial charge in [-0.2, -0.15) is 0 Å². The van der Waals surface area contributed by atoms with E-state index in [0.717, 1.165) is 29.4 Å². The summed E-state index contributed by atoms with van der Waals surface area (Å²) in [4.78, 5) is 5.12. The van der Waals surface area contributed by atoms with Crippen LogP contribution in [0.4, 0.5) is 5.69 Å². The van der Waals surface area contributed by atoms with Crippen LogP contribution >= 0.6 is 27.5 Å². The molecule has 0 unspecified atom stereocenters. The van der Waals surface area contributed by atoms with Gasteiger partial charge in [0.05, 0.1) is 0 Å². The maximum atomic E-state index is 6.35. The van der Waals surface area contributed by atoms with Crippen molar-refractivity contribution in [3.05, 3.63) is 73.5 Å². The number of rotatable bonds is 7. The third-order valence-corrected chi connectivity index (χ3v) is 16.5. The summed E-state index contributed by atoms with van der Waals surface area (Å²) in [7, 11) is 0. The molecule has 0 aromatic heterocycles. The molecule has 0 spiro atoms. The van der Waals surface area contributed by atoms with Crippen LogP contribution in [0.1, 0.15) is 18.4 Å². The van der Waals surface area contributed by atoms with E-state index in [1.807, 2.05) is 18.2 Å². The standard InChI is InChI=1S/C14H21N2.C9H5BrClN.In/c1-2-3-9-15-10-12-16(13-11-15)14-7-5-4-6-8-14;10-6-5-9(12)7-3-1-2-4-8(7)11;/h4-8H,1-3,9-13H2;1-5H;/q;-1;+1. The summed E-state index contributed by atoms with van der Waals surface area (Å²) < 4.78 is 7.78. The third kappa shape index (κ3) is 5.69. The molecule has 2 aliphatic rings. The Labute approximate surface area is 195 Å². The average Bonchev–Trinajstić information content (AvgIpc) is 3.13. The zero-order valence-electron chi connectivity index (χ0n) is 16.6. The molecule has 0 radical (unpaired) electrons. The van der Waals surface area contributed by atoms with E-state index >= 15 is 0 Å². The molecule has 4 rings (SSSR count). The van der Waals surface area contributed by atoms with Gasteiger partial charge in [-0.1, -0.05) is 0 Å². The number of nitrogens with zero attached hydrogens (tertiary/aromatic N) is 3. The molecule has 0 amide bonds. The number of benzene rings is 2. The van der Waals surface area contributed by atoms with Crippen LogP contribution in [-0.2, 0) is 0 Å². The SMILES string of the molecule is Clc1ccccc1C1=[N][In]([CH2]CCCN2CCN(c3ccccc3)CC2)[C](Br)=C1. The van der Waals surface area contributed by atoms with E-state index in [2.05, 4.69) is 68.2 Å². The van der Waals surface area contributed by atoms with Crippen molar-refractivity contribution in [2.24, 2.45) is 2.98 Å². The Hall–Kier alpha value is -0.750. The number of para-hydroxylation sites is 1. The second-order valence-electron chi connectivity index (χ2n) is 7.70. The average molecular weight is 575 g/mol. The predicted molar refractivity (Wildman–Crippen MR) is 130 cm³/mol. The monoisotopic (exact) mass is 573 g/mol. The number of unbranched alkanes of at least 4 members (excludes halogenated alkanes) is 1. The summed E-state index contributed by atoms with van der Waals surface area (Å²) in [6.07, 6.45) is 4.77. The molecule has 2 aromatic carbocycles. The van der Waals surface area contributed by atoms with Crippen LogP contribution in [0, 0.1) is 0 Å². The maximum absolute atomic E-state index is 6.35. The molecule has 3 nitrogen and oxygen atoms in total. The van der Waals surface area contributed by atoms with Crippen molar-refractivity contribution in [2.45, 2.75) is 17.0 Å². The van der Waals surface area contributed by atoms with Crippen LogP contribution in [0.3, 0.4) is 0 Å². The molecule has 29 heavy (non-hydrogen) atoms. The molecule has 1 saturated heterocycles. The van der Waals surface area contributed by atoms with Gasteiger partial charge in [-0.25, -0.2) is 0 Å². The van der Waals surface area contributed by atoms with Gasteiger partial charge in [0.2, 0.25) is 0 Å². The molecule has 2 aromatic rings. The molecule has 2 heterocycles. The van der Waals surface area contributed by atoms with Crippen molar-refractivity contribution in [1.82, 2.24) is 4.90 Å². The molecule has 0 aliphatic carbocycles. The Morgan fingerprint density at radius 1 is 0.931 bits per heavy atom. The fourth-order valence-electron chi connectivity index (χ4n) is 4.05. The summed E-state index contributed by atoms with van der Waals surface area (Å²) in [6.45, 7) is 5.81.